The lowest BCUT2D eigenvalue weighted by molar-refractivity contribution is -0.586. The van der Waals surface area contributed by atoms with E-state index in [1.54, 1.807) is 0 Å². The molecule has 0 bridgehead atoms. The van der Waals surface area contributed by atoms with E-state index in [0.717, 1.165) is 5.96 Å². The highest BCUT2D eigenvalue weighted by molar-refractivity contribution is 7.48. The van der Waals surface area contributed by atoms with Gasteiger partial charge < -0.3 is 35.8 Å². The SMILES string of the molecule is NC(=NC1CCCCC1)[NH2+]C1CCCCC1.Nc1ncnc2c1ncn2[C@@H]1O[C@H](COP(N)(=O)[O-])[C@@H](O)[C@H]1O. The second-order valence-electron chi connectivity index (χ2n) is 10.4. The third kappa shape index (κ3) is 8.14. The Bertz CT molecular complexity index is 1150. The molecular formula is C23H40N9O6P. The van der Waals surface area contributed by atoms with Crippen molar-refractivity contribution in [1.82, 2.24) is 19.5 Å². The molecule has 218 valence electrons. The number of fused-ring (bicyclic) bond motifs is 1. The number of quaternary nitrogens is 1. The molecular weight excluding hydrogens is 529 g/mol. The number of aliphatic imine (C=N–C) groups is 1. The van der Waals surface area contributed by atoms with Crippen molar-refractivity contribution in [3.63, 3.8) is 0 Å². The van der Waals surface area contributed by atoms with E-state index in [-0.39, 0.29) is 5.82 Å². The zero-order valence-corrected chi connectivity index (χ0v) is 22.8. The zero-order chi connectivity index (χ0) is 28.0. The van der Waals surface area contributed by atoms with Crippen LogP contribution in [0.4, 0.5) is 5.82 Å². The van der Waals surface area contributed by atoms with Gasteiger partial charge >= 0.3 is 0 Å². The van der Waals surface area contributed by atoms with Gasteiger partial charge in [-0.25, -0.2) is 19.9 Å². The van der Waals surface area contributed by atoms with E-state index in [1.807, 2.05) is 0 Å². The van der Waals surface area contributed by atoms with Crippen molar-refractivity contribution in [3.05, 3.63) is 12.7 Å². The van der Waals surface area contributed by atoms with Gasteiger partial charge in [-0.2, -0.15) is 0 Å². The van der Waals surface area contributed by atoms with E-state index in [9.17, 15) is 19.7 Å². The summed E-state index contributed by atoms with van der Waals surface area (Å²) in [5.41, 5.74) is 17.1. The summed E-state index contributed by atoms with van der Waals surface area (Å²) in [7, 11) is -4.47. The van der Waals surface area contributed by atoms with Crippen molar-refractivity contribution in [2.24, 2.45) is 16.2 Å². The molecule has 3 aliphatic rings. The van der Waals surface area contributed by atoms with Gasteiger partial charge in [-0.15, -0.1) is 0 Å². The monoisotopic (exact) mass is 569 g/mol. The quantitative estimate of drug-likeness (QED) is 0.139. The number of hydrogen-bond acceptors (Lipinski definition) is 11. The molecule has 2 aromatic heterocycles. The lowest BCUT2D eigenvalue weighted by Gasteiger charge is -2.21. The third-order valence-electron chi connectivity index (χ3n) is 7.38. The van der Waals surface area contributed by atoms with Crippen molar-refractivity contribution in [2.75, 3.05) is 12.3 Å². The topological polar surface area (TPSA) is 250 Å². The van der Waals surface area contributed by atoms with E-state index in [1.165, 1.54) is 81.4 Å². The molecule has 1 aliphatic heterocycles. The highest BCUT2D eigenvalue weighted by Gasteiger charge is 2.44. The molecule has 5 rings (SSSR count). The molecule has 0 aromatic carbocycles. The maximum atomic E-state index is 10.8. The average Bonchev–Trinajstić information content (AvgIpc) is 3.45. The smallest absolute Gasteiger partial charge is 0.292 e. The predicted octanol–water partition coefficient (Wildman–Crippen LogP) is -0.999. The number of aliphatic hydroxyl groups excluding tert-OH is 2. The number of nitrogens with zero attached hydrogens (tertiary/aromatic N) is 5. The molecule has 5 atom stereocenters. The summed E-state index contributed by atoms with van der Waals surface area (Å²) in [5.74, 6) is 0.968. The minimum Gasteiger partial charge on any atom is -0.766 e. The maximum Gasteiger partial charge on any atom is 0.292 e. The molecule has 0 spiro atoms. The normalized spacial score (nSPS) is 28.7. The summed E-state index contributed by atoms with van der Waals surface area (Å²) in [6, 6.07) is 1.23. The number of hydrogen-bond donors (Lipinski definition) is 6. The van der Waals surface area contributed by atoms with E-state index < -0.39 is 38.9 Å². The Labute approximate surface area is 226 Å². The molecule has 2 aromatic rings. The summed E-state index contributed by atoms with van der Waals surface area (Å²) in [4.78, 5) is 27.3. The Morgan fingerprint density at radius 2 is 1.79 bits per heavy atom. The number of nitrogen functional groups attached to an aromatic ring is 1. The number of ether oxygens (including phenoxy) is 1. The van der Waals surface area contributed by atoms with Gasteiger partial charge in [0.25, 0.3) is 5.96 Å². The number of anilines is 1. The van der Waals surface area contributed by atoms with E-state index in [4.69, 9.17) is 21.7 Å². The maximum absolute atomic E-state index is 10.8. The molecule has 2 aliphatic carbocycles. The van der Waals surface area contributed by atoms with Gasteiger partial charge in [-0.3, -0.25) is 20.0 Å². The van der Waals surface area contributed by atoms with Crippen LogP contribution >= 0.6 is 7.75 Å². The van der Waals surface area contributed by atoms with Gasteiger partial charge in [-0.05, 0) is 38.5 Å². The molecule has 0 amide bonds. The summed E-state index contributed by atoms with van der Waals surface area (Å²) in [5, 5.41) is 22.3. The van der Waals surface area contributed by atoms with E-state index in [2.05, 4.69) is 29.8 Å². The number of aliphatic hydroxyl groups is 2. The Hall–Kier alpha value is -2.23. The minimum absolute atomic E-state index is 0.150. The Balaban J connectivity index is 0.000000193. The number of rotatable bonds is 6. The van der Waals surface area contributed by atoms with Crippen LogP contribution in [0.5, 0.6) is 0 Å². The van der Waals surface area contributed by atoms with Gasteiger partial charge in [0, 0.05) is 0 Å². The predicted molar refractivity (Wildman–Crippen MR) is 141 cm³/mol. The first-order chi connectivity index (χ1) is 18.6. The minimum atomic E-state index is -4.47. The molecule has 16 heteroatoms. The van der Waals surface area contributed by atoms with Gasteiger partial charge in [0.1, 0.15) is 30.2 Å². The van der Waals surface area contributed by atoms with Crippen molar-refractivity contribution in [1.29, 1.82) is 0 Å². The first-order valence-electron chi connectivity index (χ1n) is 13.5. The Morgan fingerprint density at radius 1 is 1.13 bits per heavy atom. The largest absolute Gasteiger partial charge is 0.766 e. The highest BCUT2D eigenvalue weighted by Crippen LogP contribution is 2.34. The molecule has 15 nitrogen and oxygen atoms in total. The van der Waals surface area contributed by atoms with Crippen LogP contribution in [0.15, 0.2) is 17.6 Å². The molecule has 1 unspecified atom stereocenters. The van der Waals surface area contributed by atoms with Crippen LogP contribution in [-0.4, -0.2) is 72.7 Å². The van der Waals surface area contributed by atoms with Crippen LogP contribution in [0.25, 0.3) is 11.2 Å². The molecule has 10 N–H and O–H groups in total. The zero-order valence-electron chi connectivity index (χ0n) is 21.9. The van der Waals surface area contributed by atoms with Crippen LogP contribution in [0.1, 0.15) is 70.4 Å². The van der Waals surface area contributed by atoms with Crippen LogP contribution < -0.4 is 27.2 Å². The number of aromatic nitrogens is 4. The Kier molecular flexibility index (Phi) is 10.2. The fourth-order valence-corrected chi connectivity index (χ4v) is 5.69. The van der Waals surface area contributed by atoms with Crippen molar-refractivity contribution in [3.8, 4) is 0 Å². The van der Waals surface area contributed by atoms with Crippen LogP contribution in [0, 0.1) is 0 Å². The summed E-state index contributed by atoms with van der Waals surface area (Å²) in [6.07, 6.45) is 11.0. The first-order valence-corrected chi connectivity index (χ1v) is 15.1. The van der Waals surface area contributed by atoms with Crippen LogP contribution in [-0.2, 0) is 13.8 Å². The molecule has 3 heterocycles. The number of nitrogens with two attached hydrogens (primary N) is 4. The summed E-state index contributed by atoms with van der Waals surface area (Å²) >= 11 is 0. The molecule has 2 saturated carbocycles. The van der Waals surface area contributed by atoms with Gasteiger partial charge in [0.2, 0.25) is 7.75 Å². The number of guanidine groups is 1. The fraction of sp³-hybridized carbons (Fsp3) is 0.739. The standard InChI is InChI=1S/C13H25N3.C10H15N6O6P/c14-13(15-11-7-3-1-4-8-11)16-12-9-5-2-6-10-12;11-8-5-9(14-2-13-8)16(3-15-5)10-7(18)6(17)4(22-10)1-21-23(12,19)20/h11-12H,1-10H2,(H3,14,15,16);2-4,6-7,10,17-18H,1H2,(H2,11,13,14)(H3,12,19,20)/t;4-,6-,7-,10-/m.1/s1. The number of imidazole rings is 1. The third-order valence-corrected chi connectivity index (χ3v) is 7.89. The van der Waals surface area contributed by atoms with Gasteiger partial charge in [0.05, 0.1) is 25.0 Å². The summed E-state index contributed by atoms with van der Waals surface area (Å²) in [6.45, 7) is -0.532. The molecule has 1 saturated heterocycles. The van der Waals surface area contributed by atoms with Crippen molar-refractivity contribution >= 4 is 30.7 Å². The van der Waals surface area contributed by atoms with Gasteiger partial charge in [-0.1, -0.05) is 25.7 Å². The van der Waals surface area contributed by atoms with E-state index >= 15 is 0 Å². The van der Waals surface area contributed by atoms with Crippen LogP contribution in [0.3, 0.4) is 0 Å². The highest BCUT2D eigenvalue weighted by atomic mass is 31.2. The van der Waals surface area contributed by atoms with Crippen LogP contribution in [0.2, 0.25) is 0 Å². The van der Waals surface area contributed by atoms with Crippen molar-refractivity contribution in [2.45, 2.75) is 101 Å². The second kappa shape index (κ2) is 13.4. The van der Waals surface area contributed by atoms with Gasteiger partial charge in [0.15, 0.2) is 17.7 Å². The average molecular weight is 570 g/mol. The molecule has 0 radical (unpaired) electrons. The summed E-state index contributed by atoms with van der Waals surface area (Å²) < 4.78 is 22.1. The lowest BCUT2D eigenvalue weighted by Crippen LogP contribution is -2.95. The fourth-order valence-electron chi connectivity index (χ4n) is 5.34. The first kappa shape index (κ1) is 29.7. The second-order valence-corrected chi connectivity index (χ2v) is 11.7. The van der Waals surface area contributed by atoms with Crippen molar-refractivity contribution < 1.29 is 34.2 Å². The Morgan fingerprint density at radius 3 is 2.46 bits per heavy atom. The molecule has 3 fully saturated rings. The van der Waals surface area contributed by atoms with E-state index in [0.29, 0.717) is 23.2 Å². The molecule has 39 heavy (non-hydrogen) atoms. The lowest BCUT2D eigenvalue weighted by atomic mass is 9.95.